The Hall–Kier alpha value is -1.39. The summed E-state index contributed by atoms with van der Waals surface area (Å²) in [4.78, 5) is 24.0. The summed E-state index contributed by atoms with van der Waals surface area (Å²) in [5, 5.41) is 9.59. The first-order valence-corrected chi connectivity index (χ1v) is 6.45. The summed E-state index contributed by atoms with van der Waals surface area (Å²) >= 11 is 5.81. The molecule has 104 valence electrons. The van der Waals surface area contributed by atoms with Crippen molar-refractivity contribution in [2.75, 3.05) is 13.1 Å². The normalized spacial score (nSPS) is 12.4. The lowest BCUT2D eigenvalue weighted by Gasteiger charge is -2.23. The number of carboxylic acids is 1. The number of carboxylic acid groups (broad SMARTS) is 1. The third-order valence-electron chi connectivity index (χ3n) is 2.72. The zero-order chi connectivity index (χ0) is 14.4. The van der Waals surface area contributed by atoms with E-state index in [2.05, 4.69) is 0 Å². The lowest BCUT2D eigenvalue weighted by Crippen LogP contribution is -2.34. The molecular weight excluding hydrogens is 266 g/mol. The van der Waals surface area contributed by atoms with E-state index in [4.69, 9.17) is 16.7 Å². The van der Waals surface area contributed by atoms with Crippen LogP contribution < -0.4 is 0 Å². The van der Waals surface area contributed by atoms with E-state index < -0.39 is 11.9 Å². The lowest BCUT2D eigenvalue weighted by atomic mass is 10.1. The molecule has 1 rings (SSSR count). The van der Waals surface area contributed by atoms with E-state index in [1.54, 1.807) is 19.1 Å². The maximum Gasteiger partial charge on any atom is 0.307 e. The number of hydrogen-bond donors (Lipinski definition) is 1. The van der Waals surface area contributed by atoms with Crippen LogP contribution in [0.4, 0.5) is 0 Å². The predicted octanol–water partition coefficient (Wildman–Crippen LogP) is 2.45. The molecule has 4 nitrogen and oxygen atoms in total. The minimum atomic E-state index is -0.857. The molecule has 0 radical (unpaired) electrons. The molecule has 0 saturated heterocycles. The smallest absolute Gasteiger partial charge is 0.307 e. The van der Waals surface area contributed by atoms with E-state index in [9.17, 15) is 9.59 Å². The molecule has 1 aromatic carbocycles. The van der Waals surface area contributed by atoms with E-state index in [1.807, 2.05) is 17.0 Å². The van der Waals surface area contributed by atoms with Gasteiger partial charge in [0, 0.05) is 18.1 Å². The Morgan fingerprint density at radius 3 is 2.37 bits per heavy atom. The average molecular weight is 284 g/mol. The Kier molecular flexibility index (Phi) is 5.99. The number of ketones is 1. The predicted molar refractivity (Wildman–Crippen MR) is 74.2 cm³/mol. The standard InChI is InChI=1S/C14H18ClNO3/c1-10(14(18)19)7-16(8-11(2)17)9-12-3-5-13(15)6-4-12/h3-6,10H,7-9H2,1-2H3,(H,18,19). The quantitative estimate of drug-likeness (QED) is 0.835. The number of carbonyl (C=O) groups is 2. The van der Waals surface area contributed by atoms with Gasteiger partial charge in [0.25, 0.3) is 0 Å². The molecule has 0 fully saturated rings. The molecule has 0 aromatic heterocycles. The molecule has 5 heteroatoms. The highest BCUT2D eigenvalue weighted by atomic mass is 35.5. The zero-order valence-electron chi connectivity index (χ0n) is 11.1. The van der Waals surface area contributed by atoms with Crippen LogP contribution >= 0.6 is 11.6 Å². The number of nitrogens with zero attached hydrogens (tertiary/aromatic N) is 1. The molecule has 1 N–H and O–H groups in total. The van der Waals surface area contributed by atoms with E-state index >= 15 is 0 Å². The van der Waals surface area contributed by atoms with Crippen LogP contribution in [0, 0.1) is 5.92 Å². The molecule has 0 heterocycles. The Labute approximate surface area is 118 Å². The number of hydrogen-bond acceptors (Lipinski definition) is 3. The molecule has 1 atom stereocenters. The number of benzene rings is 1. The Morgan fingerprint density at radius 2 is 1.89 bits per heavy atom. The highest BCUT2D eigenvalue weighted by Crippen LogP contribution is 2.12. The van der Waals surface area contributed by atoms with Crippen molar-refractivity contribution in [1.82, 2.24) is 4.90 Å². The van der Waals surface area contributed by atoms with Gasteiger partial charge in [-0.15, -0.1) is 0 Å². The third kappa shape index (κ3) is 5.85. The van der Waals surface area contributed by atoms with Gasteiger partial charge in [0.05, 0.1) is 12.5 Å². The highest BCUT2D eigenvalue weighted by Gasteiger charge is 2.17. The van der Waals surface area contributed by atoms with Crippen molar-refractivity contribution in [3.63, 3.8) is 0 Å². The minimum Gasteiger partial charge on any atom is -0.481 e. The third-order valence-corrected chi connectivity index (χ3v) is 2.97. The molecule has 1 unspecified atom stereocenters. The molecule has 0 saturated carbocycles. The van der Waals surface area contributed by atoms with Gasteiger partial charge in [-0.05, 0) is 24.6 Å². The molecule has 1 aromatic rings. The summed E-state index contributed by atoms with van der Waals surface area (Å²) in [5.74, 6) is -1.34. The van der Waals surface area contributed by atoms with Gasteiger partial charge >= 0.3 is 5.97 Å². The number of aliphatic carboxylic acids is 1. The Morgan fingerprint density at radius 1 is 1.32 bits per heavy atom. The van der Waals surface area contributed by atoms with Crippen LogP contribution in [0.3, 0.4) is 0 Å². The van der Waals surface area contributed by atoms with E-state index in [1.165, 1.54) is 6.92 Å². The lowest BCUT2D eigenvalue weighted by molar-refractivity contribution is -0.142. The molecule has 19 heavy (non-hydrogen) atoms. The van der Waals surface area contributed by atoms with Crippen LogP contribution in [-0.4, -0.2) is 34.8 Å². The number of halogens is 1. The second kappa shape index (κ2) is 7.26. The highest BCUT2D eigenvalue weighted by molar-refractivity contribution is 6.30. The first-order chi connectivity index (χ1) is 8.88. The minimum absolute atomic E-state index is 0.0200. The topological polar surface area (TPSA) is 57.6 Å². The SMILES string of the molecule is CC(=O)CN(Cc1ccc(Cl)cc1)CC(C)C(=O)O. The van der Waals surface area contributed by atoms with Gasteiger partial charge in [-0.25, -0.2) is 0 Å². The molecule has 0 aliphatic heterocycles. The van der Waals surface area contributed by atoms with Crippen LogP contribution in [0.15, 0.2) is 24.3 Å². The molecule has 0 spiro atoms. The Balaban J connectivity index is 2.71. The van der Waals surface area contributed by atoms with Gasteiger partial charge in [0.15, 0.2) is 0 Å². The summed E-state index contributed by atoms with van der Waals surface area (Å²) in [6, 6.07) is 7.31. The molecular formula is C14H18ClNO3. The van der Waals surface area contributed by atoms with Crippen LogP contribution in [0.5, 0.6) is 0 Å². The summed E-state index contributed by atoms with van der Waals surface area (Å²) in [5.41, 5.74) is 1.00. The monoisotopic (exact) mass is 283 g/mol. The summed E-state index contributed by atoms with van der Waals surface area (Å²) < 4.78 is 0. The first kappa shape index (κ1) is 15.7. The zero-order valence-corrected chi connectivity index (χ0v) is 11.9. The van der Waals surface area contributed by atoms with Crippen molar-refractivity contribution in [1.29, 1.82) is 0 Å². The second-order valence-corrected chi connectivity index (χ2v) is 5.17. The first-order valence-electron chi connectivity index (χ1n) is 6.07. The van der Waals surface area contributed by atoms with Crippen molar-refractivity contribution < 1.29 is 14.7 Å². The van der Waals surface area contributed by atoms with Crippen LogP contribution in [-0.2, 0) is 16.1 Å². The summed E-state index contributed by atoms with van der Waals surface area (Å²) in [7, 11) is 0. The van der Waals surface area contributed by atoms with Crippen molar-refractivity contribution in [3.05, 3.63) is 34.9 Å². The maximum absolute atomic E-state index is 11.2. The van der Waals surface area contributed by atoms with Gasteiger partial charge in [0.2, 0.25) is 0 Å². The summed E-state index contributed by atoms with van der Waals surface area (Å²) in [6.07, 6.45) is 0. The Bertz CT molecular complexity index is 445. The average Bonchev–Trinajstić information content (AvgIpc) is 2.31. The molecule has 0 aliphatic carbocycles. The fraction of sp³-hybridized carbons (Fsp3) is 0.429. The van der Waals surface area contributed by atoms with Gasteiger partial charge in [-0.1, -0.05) is 30.7 Å². The van der Waals surface area contributed by atoms with Crippen LogP contribution in [0.1, 0.15) is 19.4 Å². The number of carbonyl (C=O) groups excluding carboxylic acids is 1. The van der Waals surface area contributed by atoms with Crippen molar-refractivity contribution in [2.24, 2.45) is 5.92 Å². The fourth-order valence-corrected chi connectivity index (χ4v) is 1.94. The molecule has 0 amide bonds. The summed E-state index contributed by atoms with van der Waals surface area (Å²) in [6.45, 7) is 4.27. The van der Waals surface area contributed by atoms with Gasteiger partial charge in [-0.2, -0.15) is 0 Å². The number of rotatable bonds is 7. The molecule has 0 bridgehead atoms. The second-order valence-electron chi connectivity index (χ2n) is 4.74. The van der Waals surface area contributed by atoms with Crippen LogP contribution in [0.2, 0.25) is 5.02 Å². The molecule has 0 aliphatic rings. The van der Waals surface area contributed by atoms with Gasteiger partial charge in [-0.3, -0.25) is 14.5 Å². The van der Waals surface area contributed by atoms with E-state index in [0.29, 0.717) is 18.1 Å². The van der Waals surface area contributed by atoms with Crippen molar-refractivity contribution in [3.8, 4) is 0 Å². The number of Topliss-reactive ketones (excluding diaryl/α,β-unsaturated/α-hetero) is 1. The largest absolute Gasteiger partial charge is 0.481 e. The van der Waals surface area contributed by atoms with Crippen molar-refractivity contribution >= 4 is 23.4 Å². The van der Waals surface area contributed by atoms with E-state index in [-0.39, 0.29) is 12.3 Å². The van der Waals surface area contributed by atoms with Gasteiger partial charge < -0.3 is 5.11 Å². The fourth-order valence-electron chi connectivity index (χ4n) is 1.81. The van der Waals surface area contributed by atoms with E-state index in [0.717, 1.165) is 5.56 Å². The van der Waals surface area contributed by atoms with Crippen molar-refractivity contribution in [2.45, 2.75) is 20.4 Å². The maximum atomic E-state index is 11.2. The van der Waals surface area contributed by atoms with Crippen LogP contribution in [0.25, 0.3) is 0 Å². The van der Waals surface area contributed by atoms with Gasteiger partial charge in [0.1, 0.15) is 5.78 Å².